The van der Waals surface area contributed by atoms with Gasteiger partial charge in [0.2, 0.25) is 0 Å². The molecule has 1 fully saturated rings. The lowest BCUT2D eigenvalue weighted by atomic mass is 10.1. The summed E-state index contributed by atoms with van der Waals surface area (Å²) in [7, 11) is 0. The Morgan fingerprint density at radius 2 is 1.95 bits per heavy atom. The lowest BCUT2D eigenvalue weighted by Gasteiger charge is -2.13. The average molecular weight is 285 g/mol. The summed E-state index contributed by atoms with van der Waals surface area (Å²) in [6.07, 6.45) is 2.50. The quantitative estimate of drug-likeness (QED) is 0.785. The van der Waals surface area contributed by atoms with Gasteiger partial charge in [0.15, 0.2) is 0 Å². The molecule has 2 aromatic rings. The molecular weight excluding hydrogens is 268 g/mol. The SMILES string of the molecule is C=C(Nc1ccccc1N)c1ccc(C2CC2)c(Cl)c1. The highest BCUT2D eigenvalue weighted by Gasteiger charge is 2.25. The Morgan fingerprint density at radius 3 is 2.60 bits per heavy atom. The summed E-state index contributed by atoms with van der Waals surface area (Å²) in [5.41, 5.74) is 10.5. The van der Waals surface area contributed by atoms with E-state index in [1.54, 1.807) is 0 Å². The summed E-state index contributed by atoms with van der Waals surface area (Å²) >= 11 is 6.35. The first-order valence-corrected chi connectivity index (χ1v) is 7.13. The second kappa shape index (κ2) is 5.22. The zero-order chi connectivity index (χ0) is 14.1. The molecule has 0 radical (unpaired) electrons. The van der Waals surface area contributed by atoms with Gasteiger partial charge < -0.3 is 11.1 Å². The maximum Gasteiger partial charge on any atom is 0.0617 e. The lowest BCUT2D eigenvalue weighted by molar-refractivity contribution is 1.13. The lowest BCUT2D eigenvalue weighted by Crippen LogP contribution is -2.01. The number of nitrogens with two attached hydrogens (primary N) is 1. The van der Waals surface area contributed by atoms with Crippen LogP contribution >= 0.6 is 11.6 Å². The Labute approximate surface area is 124 Å². The van der Waals surface area contributed by atoms with E-state index >= 15 is 0 Å². The van der Waals surface area contributed by atoms with Gasteiger partial charge in [-0.1, -0.05) is 42.4 Å². The van der Waals surface area contributed by atoms with Crippen molar-refractivity contribution in [2.24, 2.45) is 0 Å². The van der Waals surface area contributed by atoms with Crippen LogP contribution in [0.3, 0.4) is 0 Å². The fourth-order valence-electron chi connectivity index (χ4n) is 2.29. The molecule has 0 atom stereocenters. The van der Waals surface area contributed by atoms with Crippen LogP contribution in [0.4, 0.5) is 11.4 Å². The fourth-order valence-corrected chi connectivity index (χ4v) is 2.62. The van der Waals surface area contributed by atoms with Crippen molar-refractivity contribution in [2.45, 2.75) is 18.8 Å². The predicted octanol–water partition coefficient (Wildman–Crippen LogP) is 4.88. The molecule has 0 bridgehead atoms. The van der Waals surface area contributed by atoms with Gasteiger partial charge in [-0.2, -0.15) is 0 Å². The zero-order valence-electron chi connectivity index (χ0n) is 11.2. The molecule has 0 heterocycles. The van der Waals surface area contributed by atoms with Gasteiger partial charge in [0.1, 0.15) is 0 Å². The van der Waals surface area contributed by atoms with Crippen molar-refractivity contribution < 1.29 is 0 Å². The molecule has 1 aliphatic carbocycles. The van der Waals surface area contributed by atoms with Gasteiger partial charge in [0.25, 0.3) is 0 Å². The Kier molecular flexibility index (Phi) is 3.41. The van der Waals surface area contributed by atoms with Crippen LogP contribution in [-0.4, -0.2) is 0 Å². The number of hydrogen-bond acceptors (Lipinski definition) is 2. The van der Waals surface area contributed by atoms with E-state index in [0.717, 1.165) is 22.0 Å². The summed E-state index contributed by atoms with van der Waals surface area (Å²) in [6, 6.07) is 13.8. The molecule has 1 aliphatic rings. The predicted molar refractivity (Wildman–Crippen MR) is 86.9 cm³/mol. The number of halogens is 1. The van der Waals surface area contributed by atoms with Crippen molar-refractivity contribution >= 4 is 28.7 Å². The summed E-state index contributed by atoms with van der Waals surface area (Å²) in [5.74, 6) is 0.655. The van der Waals surface area contributed by atoms with Crippen LogP contribution < -0.4 is 11.1 Å². The molecule has 2 aromatic carbocycles. The molecule has 3 heteroatoms. The van der Waals surface area contributed by atoms with Crippen molar-refractivity contribution in [3.63, 3.8) is 0 Å². The fraction of sp³-hybridized carbons (Fsp3) is 0.176. The van der Waals surface area contributed by atoms with E-state index in [1.165, 1.54) is 18.4 Å². The van der Waals surface area contributed by atoms with Crippen molar-refractivity contribution in [2.75, 3.05) is 11.1 Å². The van der Waals surface area contributed by atoms with Gasteiger partial charge in [0.05, 0.1) is 11.4 Å². The Balaban J connectivity index is 1.80. The first kappa shape index (κ1) is 13.1. The minimum Gasteiger partial charge on any atom is -0.397 e. The van der Waals surface area contributed by atoms with Crippen molar-refractivity contribution in [3.8, 4) is 0 Å². The van der Waals surface area contributed by atoms with E-state index < -0.39 is 0 Å². The second-order valence-electron chi connectivity index (χ2n) is 5.20. The van der Waals surface area contributed by atoms with E-state index in [0.29, 0.717) is 11.6 Å². The van der Waals surface area contributed by atoms with Crippen molar-refractivity contribution in [1.82, 2.24) is 0 Å². The largest absolute Gasteiger partial charge is 0.397 e. The van der Waals surface area contributed by atoms with Gasteiger partial charge in [-0.25, -0.2) is 0 Å². The van der Waals surface area contributed by atoms with E-state index in [1.807, 2.05) is 30.3 Å². The summed E-state index contributed by atoms with van der Waals surface area (Å²) < 4.78 is 0. The van der Waals surface area contributed by atoms with Gasteiger partial charge in [-0.15, -0.1) is 0 Å². The molecule has 3 N–H and O–H groups in total. The van der Waals surface area contributed by atoms with Crippen LogP contribution in [0.2, 0.25) is 5.02 Å². The highest BCUT2D eigenvalue weighted by Crippen LogP contribution is 2.43. The first-order chi connectivity index (χ1) is 9.65. The third-order valence-electron chi connectivity index (χ3n) is 3.61. The monoisotopic (exact) mass is 284 g/mol. The number of anilines is 2. The Bertz CT molecular complexity index is 660. The van der Waals surface area contributed by atoms with Crippen molar-refractivity contribution in [3.05, 3.63) is 65.2 Å². The minimum atomic E-state index is 0.655. The second-order valence-corrected chi connectivity index (χ2v) is 5.61. The highest BCUT2D eigenvalue weighted by atomic mass is 35.5. The van der Waals surface area contributed by atoms with Gasteiger partial charge in [-0.3, -0.25) is 0 Å². The highest BCUT2D eigenvalue weighted by molar-refractivity contribution is 6.31. The topological polar surface area (TPSA) is 38.0 Å². The number of para-hydroxylation sites is 2. The molecule has 102 valence electrons. The molecule has 3 rings (SSSR count). The Morgan fingerprint density at radius 1 is 1.20 bits per heavy atom. The van der Waals surface area contributed by atoms with Gasteiger partial charge >= 0.3 is 0 Å². The van der Waals surface area contributed by atoms with E-state index in [9.17, 15) is 0 Å². The number of rotatable bonds is 4. The first-order valence-electron chi connectivity index (χ1n) is 6.75. The van der Waals surface area contributed by atoms with Crippen LogP contribution in [0.1, 0.15) is 29.9 Å². The summed E-state index contributed by atoms with van der Waals surface area (Å²) in [5, 5.41) is 4.07. The average Bonchev–Trinajstić information content (AvgIpc) is 3.25. The smallest absolute Gasteiger partial charge is 0.0617 e. The molecule has 0 amide bonds. The molecule has 0 aromatic heterocycles. The minimum absolute atomic E-state index is 0.655. The van der Waals surface area contributed by atoms with Crippen LogP contribution in [0.25, 0.3) is 5.70 Å². The molecule has 0 saturated heterocycles. The maximum atomic E-state index is 6.35. The molecule has 0 unspecified atom stereocenters. The molecule has 2 nitrogen and oxygen atoms in total. The van der Waals surface area contributed by atoms with Crippen LogP contribution in [-0.2, 0) is 0 Å². The number of benzene rings is 2. The zero-order valence-corrected chi connectivity index (χ0v) is 12.0. The Hall–Kier alpha value is -1.93. The molecule has 0 aliphatic heterocycles. The van der Waals surface area contributed by atoms with Crippen molar-refractivity contribution in [1.29, 1.82) is 0 Å². The molecule has 0 spiro atoms. The van der Waals surface area contributed by atoms with Crippen LogP contribution in [0.15, 0.2) is 49.0 Å². The van der Waals surface area contributed by atoms with Gasteiger partial charge in [-0.05, 0) is 48.1 Å². The number of hydrogen-bond donors (Lipinski definition) is 2. The number of nitrogens with one attached hydrogen (secondary N) is 1. The normalized spacial score (nSPS) is 14.1. The van der Waals surface area contributed by atoms with Crippen LogP contribution in [0.5, 0.6) is 0 Å². The van der Waals surface area contributed by atoms with E-state index in [4.69, 9.17) is 17.3 Å². The maximum absolute atomic E-state index is 6.35. The third kappa shape index (κ3) is 2.66. The number of nitrogen functional groups attached to an aromatic ring is 1. The molecular formula is C17H17ClN2. The summed E-state index contributed by atoms with van der Waals surface area (Å²) in [4.78, 5) is 0. The molecule has 20 heavy (non-hydrogen) atoms. The summed E-state index contributed by atoms with van der Waals surface area (Å²) in [6.45, 7) is 4.07. The van der Waals surface area contributed by atoms with Crippen LogP contribution in [0, 0.1) is 0 Å². The van der Waals surface area contributed by atoms with E-state index in [-0.39, 0.29) is 0 Å². The standard InChI is InChI=1S/C17H17ClN2/c1-11(20-17-5-3-2-4-16(17)19)13-8-9-14(12-6-7-12)15(18)10-13/h2-5,8-10,12,20H,1,6-7,19H2. The molecule has 1 saturated carbocycles. The third-order valence-corrected chi connectivity index (χ3v) is 3.94. The van der Waals surface area contributed by atoms with E-state index in [2.05, 4.69) is 24.0 Å². The van der Waals surface area contributed by atoms with Gasteiger partial charge in [0, 0.05) is 10.7 Å².